The Labute approximate surface area is 234 Å². The predicted molar refractivity (Wildman–Crippen MR) is 135 cm³/mol. The van der Waals surface area contributed by atoms with E-state index in [0.29, 0.717) is 19.4 Å². The van der Waals surface area contributed by atoms with Gasteiger partial charge in [0.15, 0.2) is 0 Å². The van der Waals surface area contributed by atoms with Gasteiger partial charge in [-0.15, -0.1) is 0 Å². The van der Waals surface area contributed by atoms with Crippen molar-refractivity contribution >= 4 is 35.4 Å². The summed E-state index contributed by atoms with van der Waals surface area (Å²) >= 11 is 0. The van der Waals surface area contributed by atoms with Crippen molar-refractivity contribution < 1.29 is 41.9 Å². The van der Waals surface area contributed by atoms with Crippen molar-refractivity contribution in [1.29, 1.82) is 0 Å². The number of likely N-dealkylation sites (tertiary alicyclic amines) is 1. The first-order valence-electron chi connectivity index (χ1n) is 13.7. The highest BCUT2D eigenvalue weighted by atomic mass is 19.4. The Bertz CT molecular complexity index is 1130. The lowest BCUT2D eigenvalue weighted by atomic mass is 9.77. The van der Waals surface area contributed by atoms with Gasteiger partial charge in [0.2, 0.25) is 29.5 Å². The largest absolute Gasteiger partial charge is 0.471 e. The number of halogens is 3. The van der Waals surface area contributed by atoms with Crippen molar-refractivity contribution in [2.75, 3.05) is 13.1 Å². The fourth-order valence-corrected chi connectivity index (χ4v) is 6.84. The summed E-state index contributed by atoms with van der Waals surface area (Å²) in [4.78, 5) is 76.7. The number of nitrogens with two attached hydrogens (primary N) is 2. The lowest BCUT2D eigenvalue weighted by molar-refractivity contribution is -0.176. The summed E-state index contributed by atoms with van der Waals surface area (Å²) in [5, 5.41) is 7.03. The molecule has 8 atom stereocenters. The molecule has 12 nitrogen and oxygen atoms in total. The van der Waals surface area contributed by atoms with Crippen LogP contribution in [0.3, 0.4) is 0 Å². The number of hydrogen-bond acceptors (Lipinski definition) is 6. The molecular weight excluding hydrogens is 549 g/mol. The highest BCUT2D eigenvalue weighted by Crippen LogP contribution is 2.65. The molecular formula is C26H36F3N6O6. The standard InChI is InChI=1S/C26H36F3N6O6/c1-25(2)14-10-35(18(16(14)25)22(39)33-15(20(31)37)9-13-6-7-32-21(13)38)23(40)17(34-24(41)26(27,28)29)11-4-3-5-12(8-11)19(30)36/h5,11-18H,3-4,6-10H2,1-2H3,(H2,30,36)(H2,31,37)(H,32,38)(H,33,39)(H,34,41)/t11?,12?,13-,14-,15-,16-,17?,18-/m0/s1. The Morgan fingerprint density at radius 2 is 1.83 bits per heavy atom. The fourth-order valence-electron chi connectivity index (χ4n) is 6.84. The van der Waals surface area contributed by atoms with Crippen LogP contribution in [0, 0.1) is 41.4 Å². The second-order valence-electron chi connectivity index (χ2n) is 12.1. The van der Waals surface area contributed by atoms with E-state index < -0.39 is 71.6 Å². The molecule has 4 aliphatic rings. The smallest absolute Gasteiger partial charge is 0.369 e. The van der Waals surface area contributed by atoms with Gasteiger partial charge in [0.1, 0.15) is 18.1 Å². The molecule has 15 heteroatoms. The van der Waals surface area contributed by atoms with Crippen molar-refractivity contribution in [3.8, 4) is 0 Å². The Hall–Kier alpha value is -3.39. The maximum atomic E-state index is 13.9. The molecule has 2 heterocycles. The van der Waals surface area contributed by atoms with Gasteiger partial charge in [-0.2, -0.15) is 13.2 Å². The molecule has 227 valence electrons. The monoisotopic (exact) mass is 585 g/mol. The van der Waals surface area contributed by atoms with E-state index in [1.165, 1.54) is 0 Å². The van der Waals surface area contributed by atoms with Crippen molar-refractivity contribution in [2.24, 2.45) is 46.5 Å². The lowest BCUT2D eigenvalue weighted by Gasteiger charge is -2.38. The summed E-state index contributed by atoms with van der Waals surface area (Å²) in [5.41, 5.74) is 10.6. The summed E-state index contributed by atoms with van der Waals surface area (Å²) in [7, 11) is 0. The minimum Gasteiger partial charge on any atom is -0.369 e. The number of rotatable bonds is 9. The maximum absolute atomic E-state index is 13.9. The number of amides is 6. The number of fused-ring (bicyclic) bond motifs is 1. The van der Waals surface area contributed by atoms with E-state index in [-0.39, 0.29) is 49.0 Å². The summed E-state index contributed by atoms with van der Waals surface area (Å²) in [5.74, 6) is -8.42. The van der Waals surface area contributed by atoms with Crippen LogP contribution in [0.5, 0.6) is 0 Å². The number of hydrogen-bond donors (Lipinski definition) is 5. The molecule has 0 bridgehead atoms. The van der Waals surface area contributed by atoms with Gasteiger partial charge in [-0.1, -0.05) is 13.8 Å². The van der Waals surface area contributed by atoms with E-state index in [0.717, 1.165) is 4.90 Å². The topological polar surface area (TPSA) is 194 Å². The second-order valence-corrected chi connectivity index (χ2v) is 12.1. The van der Waals surface area contributed by atoms with Crippen molar-refractivity contribution in [1.82, 2.24) is 20.9 Å². The summed E-state index contributed by atoms with van der Waals surface area (Å²) in [6, 6.07) is -4.01. The number of carbonyl (C=O) groups excluding carboxylic acids is 6. The molecule has 4 rings (SSSR count). The molecule has 3 unspecified atom stereocenters. The molecule has 2 saturated carbocycles. The van der Waals surface area contributed by atoms with E-state index in [1.54, 1.807) is 6.42 Å². The minimum absolute atomic E-state index is 0.0393. The summed E-state index contributed by atoms with van der Waals surface area (Å²) in [6.45, 7) is 4.27. The van der Waals surface area contributed by atoms with Crippen molar-refractivity contribution in [3.05, 3.63) is 6.42 Å². The first-order chi connectivity index (χ1) is 19.0. The quantitative estimate of drug-likeness (QED) is 0.233. The number of alkyl halides is 3. The molecule has 2 saturated heterocycles. The van der Waals surface area contributed by atoms with Crippen molar-refractivity contribution in [3.63, 3.8) is 0 Å². The fraction of sp³-hybridized carbons (Fsp3) is 0.731. The number of nitrogens with zero attached hydrogens (tertiary/aromatic N) is 1. The number of primary amides is 2. The van der Waals surface area contributed by atoms with Gasteiger partial charge < -0.3 is 32.3 Å². The predicted octanol–water partition coefficient (Wildman–Crippen LogP) is -0.881. The third-order valence-electron chi connectivity index (χ3n) is 9.30. The molecule has 0 aromatic rings. The van der Waals surface area contributed by atoms with Gasteiger partial charge in [-0.25, -0.2) is 0 Å². The van der Waals surface area contributed by atoms with E-state index in [2.05, 4.69) is 10.6 Å². The molecule has 2 aliphatic heterocycles. The van der Waals surface area contributed by atoms with Crippen LogP contribution in [0.2, 0.25) is 0 Å². The average Bonchev–Trinajstić information content (AvgIpc) is 3.24. The van der Waals surface area contributed by atoms with E-state index in [4.69, 9.17) is 11.5 Å². The van der Waals surface area contributed by atoms with Crippen LogP contribution in [0.1, 0.15) is 46.0 Å². The molecule has 0 aromatic heterocycles. The van der Waals surface area contributed by atoms with Crippen LogP contribution >= 0.6 is 0 Å². The average molecular weight is 586 g/mol. The van der Waals surface area contributed by atoms with Gasteiger partial charge in [0, 0.05) is 24.9 Å². The maximum Gasteiger partial charge on any atom is 0.471 e. The Morgan fingerprint density at radius 1 is 1.15 bits per heavy atom. The van der Waals surface area contributed by atoms with E-state index in [9.17, 15) is 41.9 Å². The molecule has 0 aromatic carbocycles. The Kier molecular flexibility index (Phi) is 8.29. The number of carbonyl (C=O) groups is 6. The van der Waals surface area contributed by atoms with Crippen LogP contribution < -0.4 is 27.4 Å². The van der Waals surface area contributed by atoms with E-state index >= 15 is 0 Å². The highest BCUT2D eigenvalue weighted by Gasteiger charge is 2.70. The third kappa shape index (κ3) is 6.13. The molecule has 1 radical (unpaired) electrons. The summed E-state index contributed by atoms with van der Waals surface area (Å²) < 4.78 is 39.8. The molecule has 4 fully saturated rings. The first kappa shape index (κ1) is 30.6. The molecule has 41 heavy (non-hydrogen) atoms. The van der Waals surface area contributed by atoms with Crippen LogP contribution in [0.15, 0.2) is 0 Å². The van der Waals surface area contributed by atoms with Crippen LogP contribution in [-0.2, 0) is 28.8 Å². The molecule has 0 spiro atoms. The van der Waals surface area contributed by atoms with Gasteiger partial charge in [0.25, 0.3) is 0 Å². The van der Waals surface area contributed by atoms with Gasteiger partial charge in [0.05, 0.1) is 0 Å². The number of nitrogens with one attached hydrogen (secondary N) is 3. The Balaban J connectivity index is 1.58. The first-order valence-corrected chi connectivity index (χ1v) is 13.7. The van der Waals surface area contributed by atoms with Crippen LogP contribution in [-0.4, -0.2) is 77.7 Å². The lowest BCUT2D eigenvalue weighted by Crippen LogP contribution is -2.60. The normalized spacial score (nSPS) is 31.8. The van der Waals surface area contributed by atoms with E-state index in [1.807, 2.05) is 19.2 Å². The zero-order valence-corrected chi connectivity index (χ0v) is 22.8. The zero-order valence-electron chi connectivity index (χ0n) is 22.8. The van der Waals surface area contributed by atoms with Gasteiger partial charge in [-0.05, 0) is 61.7 Å². The van der Waals surface area contributed by atoms with Crippen molar-refractivity contribution in [2.45, 2.75) is 70.3 Å². The SMILES string of the molecule is CC1(C)[C@@H]2[C@@H](C(=O)N[C@@H](C[C@@H]3CCNC3=O)C(N)=O)N(C(=O)C(NC(=O)C(F)(F)F)C3CC[CH]C(C(N)=O)C3)C[C@@H]21. The number of piperidine rings is 1. The van der Waals surface area contributed by atoms with Gasteiger partial charge in [-0.3, -0.25) is 28.8 Å². The second kappa shape index (κ2) is 11.1. The molecule has 6 amide bonds. The molecule has 7 N–H and O–H groups in total. The van der Waals surface area contributed by atoms with Crippen LogP contribution in [0.4, 0.5) is 13.2 Å². The van der Waals surface area contributed by atoms with Gasteiger partial charge >= 0.3 is 12.1 Å². The third-order valence-corrected chi connectivity index (χ3v) is 9.30. The van der Waals surface area contributed by atoms with Crippen LogP contribution in [0.25, 0.3) is 0 Å². The minimum atomic E-state index is -5.27. The molecule has 2 aliphatic carbocycles. The summed E-state index contributed by atoms with van der Waals surface area (Å²) in [6.07, 6.45) is -2.76. The Morgan fingerprint density at radius 3 is 2.39 bits per heavy atom. The zero-order chi connectivity index (χ0) is 30.4. The highest BCUT2D eigenvalue weighted by molar-refractivity contribution is 5.96.